The number of aliphatic carboxylic acids is 1. The third-order valence-electron chi connectivity index (χ3n) is 8.66. The number of nitrogen functional groups attached to an aromatic ring is 1. The van der Waals surface area contributed by atoms with Gasteiger partial charge >= 0.3 is 21.6 Å². The zero-order valence-corrected chi connectivity index (χ0v) is 30.4. The quantitative estimate of drug-likeness (QED) is 0.0556. The number of rotatable bonds is 19. The monoisotopic (exact) mass is 781 g/mol. The number of aliphatic hydroxyl groups excluding tert-OH is 4. The standard InChI is InChI=1S/C20H34O5.C10H15N5O10P2/c1-2-3-6-9-15(21)12-13-17-16(18(22)14-19(17)23)10-7-4-5-8-11-20(24)25;11-8-5-9(13-2-12-8)15(3-14-5)10-7(17)6(16)4(24-10)1-23-27(21,22)25-26(18,19)20/h12-13,15-17,19,21,23H,2-11,14H2,1H3,(H,24,25);2-4,6-7,10,16-17H,1H2,(H,21,22)(H2,11,12,13)(H2,18,19,20)/b13-12+;/t15-,16+,17+,19+;4-,6-,7-,10-/m01/s1. The van der Waals surface area contributed by atoms with Gasteiger partial charge in [-0.3, -0.25) is 18.7 Å². The summed E-state index contributed by atoms with van der Waals surface area (Å²) in [6, 6.07) is 0. The third-order valence-corrected chi connectivity index (χ3v) is 10.8. The second-order valence-corrected chi connectivity index (χ2v) is 15.5. The summed E-state index contributed by atoms with van der Waals surface area (Å²) in [6.45, 7) is 1.31. The maximum atomic E-state index is 12.1. The predicted molar refractivity (Wildman–Crippen MR) is 182 cm³/mol. The summed E-state index contributed by atoms with van der Waals surface area (Å²) in [6.07, 6.45) is 7.54. The normalized spacial score (nSPS) is 26.8. The van der Waals surface area contributed by atoms with Gasteiger partial charge in [0.15, 0.2) is 17.7 Å². The number of ether oxygens (including phenoxy) is 1. The fourth-order valence-electron chi connectivity index (χ4n) is 6.02. The molecule has 1 aliphatic heterocycles. The van der Waals surface area contributed by atoms with Crippen LogP contribution >= 0.6 is 15.6 Å². The van der Waals surface area contributed by atoms with E-state index < -0.39 is 65.0 Å². The van der Waals surface area contributed by atoms with Crippen molar-refractivity contribution in [3.8, 4) is 0 Å². The van der Waals surface area contributed by atoms with E-state index >= 15 is 0 Å². The molecule has 1 aliphatic carbocycles. The highest BCUT2D eigenvalue weighted by Gasteiger charge is 2.46. The SMILES string of the molecule is CCCCC[C@H](O)/C=C/[C@H]1[C@H](O)CC(=O)[C@@H]1CCCCCCC(=O)O.Nc1ncnc2c1ncn2[C@@H]1O[C@H](COP(=O)(O)OP(=O)(O)O)[C@@H](O)[C@H]1O. The number of phosphoric acid groups is 2. The number of imidazole rings is 1. The van der Waals surface area contributed by atoms with Crippen molar-refractivity contribution in [2.75, 3.05) is 12.3 Å². The van der Waals surface area contributed by atoms with Crippen LogP contribution in [0.1, 0.15) is 83.8 Å². The molecule has 0 aromatic carbocycles. The van der Waals surface area contributed by atoms with Crippen LogP contribution in [-0.2, 0) is 32.3 Å². The molecule has 1 saturated heterocycles. The number of carboxylic acids is 1. The summed E-state index contributed by atoms with van der Waals surface area (Å²) in [4.78, 5) is 60.7. The number of carbonyl (C=O) groups is 2. The Labute approximate surface area is 299 Å². The summed E-state index contributed by atoms with van der Waals surface area (Å²) < 4.78 is 36.8. The number of aromatic nitrogens is 4. The van der Waals surface area contributed by atoms with Crippen molar-refractivity contribution < 1.29 is 72.5 Å². The molecule has 4 rings (SSSR count). The van der Waals surface area contributed by atoms with Gasteiger partial charge in [-0.1, -0.05) is 57.6 Å². The van der Waals surface area contributed by atoms with E-state index in [1.54, 1.807) is 6.08 Å². The van der Waals surface area contributed by atoms with Crippen molar-refractivity contribution in [1.29, 1.82) is 0 Å². The van der Waals surface area contributed by atoms with E-state index in [4.69, 9.17) is 25.4 Å². The van der Waals surface area contributed by atoms with E-state index in [0.29, 0.717) is 6.42 Å². The Morgan fingerprint density at radius 1 is 1.08 bits per heavy atom. The maximum Gasteiger partial charge on any atom is 0.481 e. The van der Waals surface area contributed by atoms with Crippen molar-refractivity contribution in [3.63, 3.8) is 0 Å². The fraction of sp³-hybridized carbons (Fsp3) is 0.700. The Kier molecular flexibility index (Phi) is 16.9. The van der Waals surface area contributed by atoms with Crippen molar-refractivity contribution in [2.24, 2.45) is 11.8 Å². The molecular formula is C30H49N5O15P2. The Bertz CT molecular complexity index is 1590. The first kappa shape index (κ1) is 43.7. The van der Waals surface area contributed by atoms with E-state index in [1.165, 1.54) is 10.9 Å². The molecule has 0 amide bonds. The van der Waals surface area contributed by atoms with E-state index in [1.807, 2.05) is 6.08 Å². The number of phosphoric ester groups is 1. The summed E-state index contributed by atoms with van der Waals surface area (Å²) in [5.41, 5.74) is 6.11. The predicted octanol–water partition coefficient (Wildman–Crippen LogP) is 1.73. The molecule has 2 aliphatic rings. The summed E-state index contributed by atoms with van der Waals surface area (Å²) in [7, 11) is -10.4. The van der Waals surface area contributed by atoms with E-state index in [2.05, 4.69) is 30.7 Å². The van der Waals surface area contributed by atoms with Crippen LogP contribution in [0.4, 0.5) is 5.82 Å². The molecule has 9 atom stereocenters. The highest BCUT2D eigenvalue weighted by molar-refractivity contribution is 7.60. The minimum Gasteiger partial charge on any atom is -0.481 e. The van der Waals surface area contributed by atoms with Crippen molar-refractivity contribution in [1.82, 2.24) is 19.5 Å². The van der Waals surface area contributed by atoms with Gasteiger partial charge in [0.1, 0.15) is 35.9 Å². The second-order valence-electron chi connectivity index (χ2n) is 12.7. The van der Waals surface area contributed by atoms with Gasteiger partial charge in [-0.2, -0.15) is 4.31 Å². The molecule has 1 unspecified atom stereocenters. The third kappa shape index (κ3) is 13.3. The molecule has 10 N–H and O–H groups in total. The molecule has 0 spiro atoms. The van der Waals surface area contributed by atoms with E-state index in [9.17, 15) is 44.0 Å². The summed E-state index contributed by atoms with van der Waals surface area (Å²) in [5, 5.41) is 49.0. The molecule has 3 heterocycles. The second kappa shape index (κ2) is 20.1. The van der Waals surface area contributed by atoms with Crippen LogP contribution < -0.4 is 5.73 Å². The number of carboxylic acid groups (broad SMARTS) is 1. The number of aliphatic hydroxyl groups is 4. The molecule has 2 aromatic heterocycles. The first-order valence-corrected chi connectivity index (χ1v) is 19.9. The highest BCUT2D eigenvalue weighted by atomic mass is 31.3. The Hall–Kier alpha value is -2.71. The molecule has 52 heavy (non-hydrogen) atoms. The Morgan fingerprint density at radius 2 is 1.79 bits per heavy atom. The van der Waals surface area contributed by atoms with Crippen LogP contribution in [0.25, 0.3) is 11.2 Å². The van der Waals surface area contributed by atoms with Crippen LogP contribution in [0.3, 0.4) is 0 Å². The minimum absolute atomic E-state index is 0.0856. The molecule has 2 fully saturated rings. The first-order valence-electron chi connectivity index (χ1n) is 16.9. The number of nitrogens with zero attached hydrogens (tertiary/aromatic N) is 4. The van der Waals surface area contributed by atoms with Gasteiger partial charge in [0.05, 0.1) is 25.1 Å². The van der Waals surface area contributed by atoms with Gasteiger partial charge in [0, 0.05) is 24.7 Å². The van der Waals surface area contributed by atoms with E-state index in [0.717, 1.165) is 57.7 Å². The van der Waals surface area contributed by atoms with Crippen molar-refractivity contribution in [2.45, 2.75) is 114 Å². The van der Waals surface area contributed by atoms with Gasteiger partial charge < -0.3 is 50.7 Å². The van der Waals surface area contributed by atoms with Crippen LogP contribution in [0, 0.1) is 11.8 Å². The molecule has 0 bridgehead atoms. The number of hydrogen-bond acceptors (Lipinski definition) is 15. The maximum absolute atomic E-state index is 12.1. The molecule has 2 aromatic rings. The van der Waals surface area contributed by atoms with Gasteiger partial charge in [-0.05, 0) is 19.3 Å². The van der Waals surface area contributed by atoms with Crippen molar-refractivity contribution in [3.05, 3.63) is 24.8 Å². The number of Topliss-reactive ketones (excluding diaryl/α,β-unsaturated/α-hetero) is 1. The number of unbranched alkanes of at least 4 members (excludes halogenated alkanes) is 5. The lowest BCUT2D eigenvalue weighted by Gasteiger charge is -2.18. The van der Waals surface area contributed by atoms with Crippen LogP contribution in [0.5, 0.6) is 0 Å². The molecule has 1 saturated carbocycles. The average molecular weight is 782 g/mol. The van der Waals surface area contributed by atoms with Crippen LogP contribution in [-0.4, -0.2) is 109 Å². The fourth-order valence-corrected chi connectivity index (χ4v) is 7.62. The highest BCUT2D eigenvalue weighted by Crippen LogP contribution is 2.57. The lowest BCUT2D eigenvalue weighted by Crippen LogP contribution is -2.33. The number of ketones is 1. The lowest BCUT2D eigenvalue weighted by atomic mass is 9.88. The van der Waals surface area contributed by atoms with Crippen molar-refractivity contribution >= 4 is 44.4 Å². The number of carbonyl (C=O) groups excluding carboxylic acids is 1. The lowest BCUT2D eigenvalue weighted by molar-refractivity contribution is -0.137. The average Bonchev–Trinajstić information content (AvgIpc) is 3.69. The van der Waals surface area contributed by atoms with E-state index in [-0.39, 0.29) is 47.4 Å². The molecule has 294 valence electrons. The molecular weight excluding hydrogens is 732 g/mol. The first-order chi connectivity index (χ1) is 24.4. The zero-order valence-electron chi connectivity index (χ0n) is 28.6. The minimum atomic E-state index is -5.29. The molecule has 0 radical (unpaired) electrons. The van der Waals surface area contributed by atoms with Gasteiger partial charge in [-0.25, -0.2) is 24.1 Å². The molecule has 20 nitrogen and oxygen atoms in total. The Balaban J connectivity index is 0.000000282. The van der Waals surface area contributed by atoms with Gasteiger partial charge in [0.25, 0.3) is 0 Å². The number of anilines is 1. The zero-order chi connectivity index (χ0) is 38.6. The molecule has 22 heteroatoms. The smallest absolute Gasteiger partial charge is 0.481 e. The number of fused-ring (bicyclic) bond motifs is 1. The Morgan fingerprint density at radius 3 is 2.46 bits per heavy atom. The van der Waals surface area contributed by atoms with Gasteiger partial charge in [0.2, 0.25) is 0 Å². The summed E-state index contributed by atoms with van der Waals surface area (Å²) >= 11 is 0. The summed E-state index contributed by atoms with van der Waals surface area (Å²) in [5.74, 6) is -0.951. The topological polar surface area (TPSA) is 327 Å². The van der Waals surface area contributed by atoms with Crippen LogP contribution in [0.2, 0.25) is 0 Å². The largest absolute Gasteiger partial charge is 0.481 e. The van der Waals surface area contributed by atoms with Crippen LogP contribution in [0.15, 0.2) is 24.8 Å². The number of hydrogen-bond donors (Lipinski definition) is 9. The van der Waals surface area contributed by atoms with Gasteiger partial charge in [-0.15, -0.1) is 0 Å². The number of nitrogens with two attached hydrogens (primary N) is 1.